The van der Waals surface area contributed by atoms with Crippen LogP contribution in [0.3, 0.4) is 0 Å². The van der Waals surface area contributed by atoms with Crippen LogP contribution in [0, 0.1) is 50.2 Å². The van der Waals surface area contributed by atoms with Gasteiger partial charge in [-0.2, -0.15) is 0 Å². The molecule has 6 heteroatoms. The fourth-order valence-electron chi connectivity index (χ4n) is 11.1. The third-order valence-electron chi connectivity index (χ3n) is 13.7. The maximum atomic E-state index is 14.5. The number of hydrogen-bond donors (Lipinski definition) is 2. The largest absolute Gasteiger partial charge is 0.353 e. The summed E-state index contributed by atoms with van der Waals surface area (Å²) in [5.74, 6) is 0.875. The Hall–Kier alpha value is -1.69. The van der Waals surface area contributed by atoms with Crippen LogP contribution in [0.5, 0.6) is 0 Å². The van der Waals surface area contributed by atoms with Crippen LogP contribution in [0.1, 0.15) is 113 Å². The SMILES string of the molecule is CONC(=O)[C@@]1(C)CC[C@]2(C)CC[C@]3(C)C(=CC(=O)[C@@H]4[C@@]5(C)CC[C@@H](NC(C)=O)C(C)(C)C5CC[C@]43C)[C@@H]2C1. The lowest BCUT2D eigenvalue weighted by Gasteiger charge is -2.70. The van der Waals surface area contributed by atoms with E-state index < -0.39 is 5.41 Å². The molecule has 0 aromatic rings. The number of nitrogens with one attached hydrogen (secondary N) is 2. The average molecular weight is 541 g/mol. The first-order valence-corrected chi connectivity index (χ1v) is 15.3. The van der Waals surface area contributed by atoms with Crippen molar-refractivity contribution in [3.63, 3.8) is 0 Å². The monoisotopic (exact) mass is 540 g/mol. The number of hydrogen-bond acceptors (Lipinski definition) is 4. The van der Waals surface area contributed by atoms with Crippen LogP contribution in [0.15, 0.2) is 11.6 Å². The first-order chi connectivity index (χ1) is 18.0. The second-order valence-electron chi connectivity index (χ2n) is 16.0. The van der Waals surface area contributed by atoms with Gasteiger partial charge in [-0.1, -0.05) is 54.0 Å². The van der Waals surface area contributed by atoms with Crippen molar-refractivity contribution in [2.45, 2.75) is 119 Å². The molecule has 1 unspecified atom stereocenters. The summed E-state index contributed by atoms with van der Waals surface area (Å²) in [5.41, 5.74) is 3.17. The summed E-state index contributed by atoms with van der Waals surface area (Å²) in [4.78, 5) is 44.7. The van der Waals surface area contributed by atoms with E-state index in [0.29, 0.717) is 11.7 Å². The average Bonchev–Trinajstić information content (AvgIpc) is 2.83. The van der Waals surface area contributed by atoms with Crippen molar-refractivity contribution in [2.24, 2.45) is 50.2 Å². The molecule has 0 aromatic heterocycles. The minimum Gasteiger partial charge on any atom is -0.353 e. The highest BCUT2D eigenvalue weighted by molar-refractivity contribution is 5.95. The molecule has 2 N–H and O–H groups in total. The Morgan fingerprint density at radius 1 is 0.923 bits per heavy atom. The predicted molar refractivity (Wildman–Crippen MR) is 152 cm³/mol. The molecule has 4 fully saturated rings. The Morgan fingerprint density at radius 2 is 1.59 bits per heavy atom. The van der Waals surface area contributed by atoms with Gasteiger partial charge in [0.25, 0.3) is 0 Å². The summed E-state index contributed by atoms with van der Waals surface area (Å²) in [6, 6.07) is 0.145. The normalized spacial score (nSPS) is 48.4. The highest BCUT2D eigenvalue weighted by atomic mass is 16.6. The van der Waals surface area contributed by atoms with E-state index in [1.807, 2.05) is 0 Å². The minimum absolute atomic E-state index is 0.0221. The summed E-state index contributed by atoms with van der Waals surface area (Å²) in [7, 11) is 1.50. The van der Waals surface area contributed by atoms with Gasteiger partial charge in [-0.05, 0) is 103 Å². The molecule has 39 heavy (non-hydrogen) atoms. The van der Waals surface area contributed by atoms with E-state index in [0.717, 1.165) is 57.8 Å². The predicted octanol–water partition coefficient (Wildman–Crippen LogP) is 6.15. The zero-order valence-corrected chi connectivity index (χ0v) is 25.9. The van der Waals surface area contributed by atoms with E-state index >= 15 is 0 Å². The van der Waals surface area contributed by atoms with E-state index in [1.54, 1.807) is 6.92 Å². The first-order valence-electron chi connectivity index (χ1n) is 15.3. The van der Waals surface area contributed by atoms with Crippen molar-refractivity contribution >= 4 is 17.6 Å². The van der Waals surface area contributed by atoms with Crippen molar-refractivity contribution in [1.82, 2.24) is 10.8 Å². The van der Waals surface area contributed by atoms with Crippen LogP contribution in [0.4, 0.5) is 0 Å². The zero-order valence-electron chi connectivity index (χ0n) is 25.9. The molecular weight excluding hydrogens is 488 g/mol. The number of rotatable bonds is 3. The molecule has 0 aliphatic heterocycles. The third kappa shape index (κ3) is 3.85. The van der Waals surface area contributed by atoms with Gasteiger partial charge in [-0.25, -0.2) is 5.48 Å². The lowest BCUT2D eigenvalue weighted by atomic mass is 9.33. The van der Waals surface area contributed by atoms with Gasteiger partial charge in [0.1, 0.15) is 0 Å². The molecule has 4 saturated carbocycles. The number of hydroxylamine groups is 1. The second-order valence-corrected chi connectivity index (χ2v) is 16.0. The topological polar surface area (TPSA) is 84.5 Å². The van der Waals surface area contributed by atoms with Crippen LogP contribution in [-0.2, 0) is 19.2 Å². The lowest BCUT2D eigenvalue weighted by Crippen LogP contribution is -2.67. The Morgan fingerprint density at radius 3 is 2.23 bits per heavy atom. The van der Waals surface area contributed by atoms with Crippen LogP contribution in [-0.4, -0.2) is 30.7 Å². The Labute approximate surface area is 235 Å². The van der Waals surface area contributed by atoms with Gasteiger partial charge in [0.05, 0.1) is 7.11 Å². The van der Waals surface area contributed by atoms with Gasteiger partial charge in [0, 0.05) is 24.3 Å². The number of allylic oxidation sites excluding steroid dienone is 2. The molecule has 0 bridgehead atoms. The maximum absolute atomic E-state index is 14.5. The number of amides is 2. The highest BCUT2D eigenvalue weighted by Crippen LogP contribution is 2.75. The molecule has 5 rings (SSSR count). The fourth-order valence-corrected chi connectivity index (χ4v) is 11.1. The number of ketones is 1. The number of carbonyl (C=O) groups is 3. The lowest BCUT2D eigenvalue weighted by molar-refractivity contribution is -0.189. The molecule has 5 aliphatic carbocycles. The summed E-state index contributed by atoms with van der Waals surface area (Å²) in [6.45, 7) is 18.0. The molecule has 0 radical (unpaired) electrons. The Bertz CT molecular complexity index is 1110. The van der Waals surface area contributed by atoms with Gasteiger partial charge < -0.3 is 5.32 Å². The van der Waals surface area contributed by atoms with E-state index in [1.165, 1.54) is 12.7 Å². The van der Waals surface area contributed by atoms with Crippen LogP contribution < -0.4 is 10.8 Å². The van der Waals surface area contributed by atoms with Gasteiger partial charge in [0.15, 0.2) is 5.78 Å². The van der Waals surface area contributed by atoms with E-state index in [-0.39, 0.29) is 56.8 Å². The summed E-state index contributed by atoms with van der Waals surface area (Å²) in [5, 5.41) is 3.25. The van der Waals surface area contributed by atoms with Crippen LogP contribution >= 0.6 is 0 Å². The van der Waals surface area contributed by atoms with Gasteiger partial charge in [0.2, 0.25) is 11.8 Å². The first kappa shape index (κ1) is 28.8. The van der Waals surface area contributed by atoms with Crippen LogP contribution in [0.2, 0.25) is 0 Å². The van der Waals surface area contributed by atoms with Gasteiger partial charge in [-0.3, -0.25) is 19.2 Å². The van der Waals surface area contributed by atoms with E-state index in [9.17, 15) is 14.4 Å². The second kappa shape index (κ2) is 8.90. The molecule has 0 spiro atoms. The highest BCUT2D eigenvalue weighted by Gasteiger charge is 2.70. The van der Waals surface area contributed by atoms with Crippen molar-refractivity contribution < 1.29 is 19.2 Å². The molecule has 9 atom stereocenters. The van der Waals surface area contributed by atoms with E-state index in [2.05, 4.69) is 65.3 Å². The van der Waals surface area contributed by atoms with Crippen molar-refractivity contribution in [1.29, 1.82) is 0 Å². The van der Waals surface area contributed by atoms with Crippen molar-refractivity contribution in [3.8, 4) is 0 Å². The van der Waals surface area contributed by atoms with Gasteiger partial charge in [-0.15, -0.1) is 0 Å². The Kier molecular flexibility index (Phi) is 6.58. The fraction of sp³-hybridized carbons (Fsp3) is 0.848. The molecule has 6 nitrogen and oxygen atoms in total. The standard InChI is InChI=1S/C33H52N2O4/c1-20(36)34-25-11-12-31(6)24(28(25,2)3)10-13-33(8)26(31)23(37)18-21-22-19-30(5,27(38)35-39-9)15-14-29(22,4)16-17-32(21,33)7/h18,22,24-26H,10-17,19H2,1-9H3,(H,34,36)(H,35,38)/t22-,24?,25+,26+,29+,30-,31-,32+,33+/m0/s1. The molecule has 2 amide bonds. The molecule has 0 aromatic carbocycles. The quantitative estimate of drug-likeness (QED) is 0.421. The molecule has 0 saturated heterocycles. The summed E-state index contributed by atoms with van der Waals surface area (Å²) in [6.07, 6.45) is 10.9. The smallest absolute Gasteiger partial charge is 0.249 e. The molecular formula is C33H52N2O4. The summed E-state index contributed by atoms with van der Waals surface area (Å²) < 4.78 is 0. The van der Waals surface area contributed by atoms with Gasteiger partial charge >= 0.3 is 0 Å². The third-order valence-corrected chi connectivity index (χ3v) is 13.7. The molecule has 218 valence electrons. The molecule has 5 aliphatic rings. The summed E-state index contributed by atoms with van der Waals surface area (Å²) >= 11 is 0. The minimum atomic E-state index is -0.504. The van der Waals surface area contributed by atoms with E-state index in [4.69, 9.17) is 4.84 Å². The zero-order chi connectivity index (χ0) is 28.8. The Balaban J connectivity index is 1.56. The maximum Gasteiger partial charge on any atom is 0.249 e. The number of fused-ring (bicyclic) bond motifs is 7. The molecule has 0 heterocycles. The number of carbonyl (C=O) groups excluding carboxylic acids is 3. The van der Waals surface area contributed by atoms with Crippen molar-refractivity contribution in [3.05, 3.63) is 11.6 Å². The van der Waals surface area contributed by atoms with Crippen molar-refractivity contribution in [2.75, 3.05) is 7.11 Å². The van der Waals surface area contributed by atoms with Crippen LogP contribution in [0.25, 0.3) is 0 Å².